The Morgan fingerprint density at radius 2 is 1.26 bits per heavy atom. The number of hydrogen-bond donors (Lipinski definition) is 0. The summed E-state index contributed by atoms with van der Waals surface area (Å²) in [4.78, 5) is 33.2. The SMILES string of the molecule is CCOc1ccc(C(=O)O/N=C(/C(=O)c2ccc(Sc3ccccc3)cc2)c2ccccc2)cc1. The molecule has 4 rings (SSSR count). The molecule has 0 fully saturated rings. The monoisotopic (exact) mass is 481 g/mol. The van der Waals surface area contributed by atoms with Gasteiger partial charge < -0.3 is 9.57 Å². The Hall–Kier alpha value is -4.16. The maximum Gasteiger partial charge on any atom is 0.365 e. The molecule has 0 aliphatic rings. The Bertz CT molecular complexity index is 1300. The summed E-state index contributed by atoms with van der Waals surface area (Å²) >= 11 is 1.61. The van der Waals surface area contributed by atoms with Gasteiger partial charge in [0.15, 0.2) is 5.71 Å². The van der Waals surface area contributed by atoms with Gasteiger partial charge in [0, 0.05) is 20.9 Å². The number of carbonyl (C=O) groups excluding carboxylic acids is 2. The van der Waals surface area contributed by atoms with Crippen molar-refractivity contribution >= 4 is 29.2 Å². The van der Waals surface area contributed by atoms with Gasteiger partial charge in [-0.2, -0.15) is 0 Å². The standard InChI is InChI=1S/C29H23NO4S/c1-2-33-24-17-13-23(14-18-24)29(32)34-30-27(21-9-5-3-6-10-21)28(31)22-15-19-26(20-16-22)35-25-11-7-4-8-12-25/h3-20H,2H2,1H3/b30-27+. The van der Waals surface area contributed by atoms with Crippen LogP contribution in [0.4, 0.5) is 0 Å². The number of hydrogen-bond acceptors (Lipinski definition) is 6. The second-order valence-electron chi connectivity index (χ2n) is 7.41. The average molecular weight is 482 g/mol. The van der Waals surface area contributed by atoms with Crippen LogP contribution in [-0.4, -0.2) is 24.1 Å². The Balaban J connectivity index is 1.54. The lowest BCUT2D eigenvalue weighted by molar-refractivity contribution is 0.0516. The van der Waals surface area contributed by atoms with Crippen molar-refractivity contribution < 1.29 is 19.2 Å². The van der Waals surface area contributed by atoms with Gasteiger partial charge in [-0.05, 0) is 67.6 Å². The molecule has 0 radical (unpaired) electrons. The summed E-state index contributed by atoms with van der Waals surface area (Å²) in [6.07, 6.45) is 0. The molecular formula is C29H23NO4S. The number of rotatable bonds is 9. The highest BCUT2D eigenvalue weighted by atomic mass is 32.2. The summed E-state index contributed by atoms with van der Waals surface area (Å²) < 4.78 is 5.39. The van der Waals surface area contributed by atoms with Gasteiger partial charge in [0.2, 0.25) is 5.78 Å². The number of benzene rings is 4. The van der Waals surface area contributed by atoms with Crippen LogP contribution in [0.5, 0.6) is 5.75 Å². The molecule has 0 bridgehead atoms. The molecule has 0 unspecified atom stereocenters. The summed E-state index contributed by atoms with van der Waals surface area (Å²) in [7, 11) is 0. The highest BCUT2D eigenvalue weighted by Crippen LogP contribution is 2.27. The smallest absolute Gasteiger partial charge is 0.365 e. The minimum absolute atomic E-state index is 0.0494. The quantitative estimate of drug-likeness (QED) is 0.115. The first-order valence-corrected chi connectivity index (χ1v) is 11.9. The molecule has 0 aliphatic carbocycles. The van der Waals surface area contributed by atoms with E-state index in [9.17, 15) is 9.59 Å². The summed E-state index contributed by atoms with van der Waals surface area (Å²) in [5.74, 6) is -0.350. The molecule has 0 saturated carbocycles. The third-order valence-corrected chi connectivity index (χ3v) is 5.99. The van der Waals surface area contributed by atoms with Crippen LogP contribution in [0.1, 0.15) is 33.2 Å². The molecule has 35 heavy (non-hydrogen) atoms. The van der Waals surface area contributed by atoms with E-state index in [1.807, 2.05) is 55.5 Å². The fraction of sp³-hybridized carbons (Fsp3) is 0.0690. The van der Waals surface area contributed by atoms with E-state index in [2.05, 4.69) is 5.16 Å². The minimum atomic E-state index is -0.663. The zero-order valence-corrected chi connectivity index (χ0v) is 19.9. The molecule has 6 heteroatoms. The largest absolute Gasteiger partial charge is 0.494 e. The third-order valence-electron chi connectivity index (χ3n) is 4.98. The summed E-state index contributed by atoms with van der Waals surface area (Å²) in [5, 5.41) is 3.98. The van der Waals surface area contributed by atoms with Gasteiger partial charge in [-0.25, -0.2) is 4.79 Å². The fourth-order valence-electron chi connectivity index (χ4n) is 3.25. The molecule has 0 amide bonds. The lowest BCUT2D eigenvalue weighted by Gasteiger charge is -2.08. The Kier molecular flexibility index (Phi) is 8.09. The molecule has 0 heterocycles. The van der Waals surface area contributed by atoms with Crippen molar-refractivity contribution in [1.29, 1.82) is 0 Å². The van der Waals surface area contributed by atoms with Crippen molar-refractivity contribution in [3.05, 3.63) is 126 Å². The van der Waals surface area contributed by atoms with Crippen LogP contribution in [0.3, 0.4) is 0 Å². The van der Waals surface area contributed by atoms with E-state index in [0.29, 0.717) is 29.0 Å². The fourth-order valence-corrected chi connectivity index (χ4v) is 4.09. The molecule has 0 saturated heterocycles. The highest BCUT2D eigenvalue weighted by Gasteiger charge is 2.19. The van der Waals surface area contributed by atoms with E-state index in [-0.39, 0.29) is 11.5 Å². The van der Waals surface area contributed by atoms with Gasteiger partial charge in [0.05, 0.1) is 12.2 Å². The first kappa shape index (κ1) is 24.0. The molecule has 4 aromatic carbocycles. The maximum absolute atomic E-state index is 13.3. The number of Topliss-reactive ketones (excluding diaryl/α,β-unsaturated/α-hetero) is 1. The Morgan fingerprint density at radius 3 is 1.89 bits per heavy atom. The van der Waals surface area contributed by atoms with Crippen LogP contribution >= 0.6 is 11.8 Å². The normalized spacial score (nSPS) is 11.1. The molecule has 0 atom stereocenters. The predicted molar refractivity (Wildman–Crippen MR) is 137 cm³/mol. The number of carbonyl (C=O) groups is 2. The number of nitrogens with zero attached hydrogens (tertiary/aromatic N) is 1. The van der Waals surface area contributed by atoms with E-state index in [0.717, 1.165) is 9.79 Å². The molecule has 4 aromatic rings. The van der Waals surface area contributed by atoms with E-state index < -0.39 is 5.97 Å². The molecule has 174 valence electrons. The Labute approximate surface area is 208 Å². The van der Waals surface area contributed by atoms with Crippen LogP contribution in [0.2, 0.25) is 0 Å². The molecule has 0 aromatic heterocycles. The first-order valence-electron chi connectivity index (χ1n) is 11.1. The van der Waals surface area contributed by atoms with Crippen LogP contribution in [0.25, 0.3) is 0 Å². The zero-order chi connectivity index (χ0) is 24.5. The number of ether oxygens (including phenoxy) is 1. The molecular weight excluding hydrogens is 458 g/mol. The van der Waals surface area contributed by atoms with E-state index in [4.69, 9.17) is 9.57 Å². The van der Waals surface area contributed by atoms with Crippen LogP contribution in [-0.2, 0) is 4.84 Å². The van der Waals surface area contributed by atoms with E-state index >= 15 is 0 Å². The average Bonchev–Trinajstić information content (AvgIpc) is 2.91. The summed E-state index contributed by atoms with van der Waals surface area (Å²) in [5.41, 5.74) is 1.36. The van der Waals surface area contributed by atoms with Crippen molar-refractivity contribution in [2.24, 2.45) is 5.16 Å². The van der Waals surface area contributed by atoms with E-state index in [1.54, 1.807) is 72.4 Å². The van der Waals surface area contributed by atoms with Gasteiger partial charge in [-0.1, -0.05) is 65.4 Å². The minimum Gasteiger partial charge on any atom is -0.494 e. The molecule has 0 aliphatic heterocycles. The van der Waals surface area contributed by atoms with Crippen LogP contribution < -0.4 is 4.74 Å². The predicted octanol–water partition coefficient (Wildman–Crippen LogP) is 6.68. The molecule has 0 spiro atoms. The van der Waals surface area contributed by atoms with Gasteiger partial charge in [0.25, 0.3) is 0 Å². The maximum atomic E-state index is 13.3. The van der Waals surface area contributed by atoms with Gasteiger partial charge in [-0.15, -0.1) is 0 Å². The van der Waals surface area contributed by atoms with Gasteiger partial charge >= 0.3 is 5.97 Å². The molecule has 0 N–H and O–H groups in total. The second-order valence-corrected chi connectivity index (χ2v) is 8.56. The first-order chi connectivity index (χ1) is 17.1. The van der Waals surface area contributed by atoms with Crippen molar-refractivity contribution in [1.82, 2.24) is 0 Å². The van der Waals surface area contributed by atoms with Crippen LogP contribution in [0.15, 0.2) is 124 Å². The highest BCUT2D eigenvalue weighted by molar-refractivity contribution is 7.99. The Morgan fingerprint density at radius 1 is 0.686 bits per heavy atom. The second kappa shape index (κ2) is 11.8. The van der Waals surface area contributed by atoms with Crippen LogP contribution in [0, 0.1) is 0 Å². The van der Waals surface area contributed by atoms with Gasteiger partial charge in [0.1, 0.15) is 5.75 Å². The van der Waals surface area contributed by atoms with Crippen molar-refractivity contribution in [2.75, 3.05) is 6.61 Å². The topological polar surface area (TPSA) is 65.0 Å². The summed E-state index contributed by atoms with van der Waals surface area (Å²) in [6.45, 7) is 2.41. The van der Waals surface area contributed by atoms with Crippen molar-refractivity contribution in [2.45, 2.75) is 16.7 Å². The lowest BCUT2D eigenvalue weighted by Crippen LogP contribution is -2.17. The lowest BCUT2D eigenvalue weighted by atomic mass is 10.0. The summed E-state index contributed by atoms with van der Waals surface area (Å²) in [6, 6.07) is 32.8. The molecule has 5 nitrogen and oxygen atoms in total. The number of ketones is 1. The zero-order valence-electron chi connectivity index (χ0n) is 19.1. The van der Waals surface area contributed by atoms with Gasteiger partial charge in [-0.3, -0.25) is 4.79 Å². The number of oxime groups is 1. The van der Waals surface area contributed by atoms with Crippen molar-refractivity contribution in [3.8, 4) is 5.75 Å². The third kappa shape index (κ3) is 6.46. The van der Waals surface area contributed by atoms with Crippen molar-refractivity contribution in [3.63, 3.8) is 0 Å². The van der Waals surface area contributed by atoms with E-state index in [1.165, 1.54) is 0 Å².